The molecule has 0 saturated heterocycles. The molecule has 108 valence electrons. The summed E-state index contributed by atoms with van der Waals surface area (Å²) in [5.41, 5.74) is 2.39. The van der Waals surface area contributed by atoms with Crippen molar-refractivity contribution < 1.29 is 0 Å². The molecular formula is C17H17ClN2S. The topological polar surface area (TPSA) is 24.9 Å². The van der Waals surface area contributed by atoms with Crippen LogP contribution in [0.5, 0.6) is 0 Å². The summed E-state index contributed by atoms with van der Waals surface area (Å²) in [7, 11) is 1.99. The van der Waals surface area contributed by atoms with Gasteiger partial charge in [-0.15, -0.1) is 11.3 Å². The quantitative estimate of drug-likeness (QED) is 0.750. The van der Waals surface area contributed by atoms with E-state index in [0.29, 0.717) is 5.92 Å². The van der Waals surface area contributed by atoms with Gasteiger partial charge in [-0.05, 0) is 36.9 Å². The lowest BCUT2D eigenvalue weighted by molar-refractivity contribution is 0.624. The van der Waals surface area contributed by atoms with Crippen LogP contribution in [0.3, 0.4) is 0 Å². The van der Waals surface area contributed by atoms with Gasteiger partial charge in [-0.25, -0.2) is 4.98 Å². The van der Waals surface area contributed by atoms with Gasteiger partial charge in [0.2, 0.25) is 0 Å². The zero-order chi connectivity index (χ0) is 14.7. The minimum absolute atomic E-state index is 0.410. The van der Waals surface area contributed by atoms with Crippen LogP contribution in [0.2, 0.25) is 5.02 Å². The first kappa shape index (κ1) is 14.5. The summed E-state index contributed by atoms with van der Waals surface area (Å²) in [6.45, 7) is 0.928. The molecule has 0 bridgehead atoms. The third kappa shape index (κ3) is 3.43. The molecule has 3 aromatic rings. The maximum absolute atomic E-state index is 5.98. The molecule has 0 aliphatic heterocycles. The highest BCUT2D eigenvalue weighted by Gasteiger charge is 2.14. The summed E-state index contributed by atoms with van der Waals surface area (Å²) in [4.78, 5) is 4.74. The Hall–Kier alpha value is -1.42. The minimum Gasteiger partial charge on any atom is -0.319 e. The summed E-state index contributed by atoms with van der Waals surface area (Å²) in [5, 5.41) is 5.24. The smallest absolute Gasteiger partial charge is 0.0945 e. The van der Waals surface area contributed by atoms with E-state index in [-0.39, 0.29) is 0 Å². The van der Waals surface area contributed by atoms with Crippen molar-refractivity contribution >= 4 is 33.2 Å². The average Bonchev–Trinajstić information content (AvgIpc) is 2.90. The van der Waals surface area contributed by atoms with E-state index in [4.69, 9.17) is 16.6 Å². The second-order valence-corrected chi connectivity index (χ2v) is 6.64. The summed E-state index contributed by atoms with van der Waals surface area (Å²) >= 11 is 7.77. The molecule has 3 rings (SSSR count). The Morgan fingerprint density at radius 2 is 1.90 bits per heavy atom. The van der Waals surface area contributed by atoms with Crippen molar-refractivity contribution in [1.82, 2.24) is 10.3 Å². The van der Waals surface area contributed by atoms with Gasteiger partial charge in [-0.1, -0.05) is 35.9 Å². The molecule has 1 atom stereocenters. The summed E-state index contributed by atoms with van der Waals surface area (Å²) in [5.74, 6) is 0.410. The third-order valence-corrected chi connectivity index (χ3v) is 4.86. The number of hydrogen-bond acceptors (Lipinski definition) is 3. The Kier molecular flexibility index (Phi) is 4.54. The number of hydrogen-bond donors (Lipinski definition) is 1. The number of thiazole rings is 1. The number of fused-ring (bicyclic) bond motifs is 1. The second-order valence-electron chi connectivity index (χ2n) is 5.09. The number of likely N-dealkylation sites (N-methyl/N-ethyl adjacent to an activating group) is 1. The highest BCUT2D eigenvalue weighted by Crippen LogP contribution is 2.27. The van der Waals surface area contributed by atoms with Gasteiger partial charge in [0.1, 0.15) is 0 Å². The number of benzene rings is 2. The molecule has 1 heterocycles. The molecule has 0 amide bonds. The summed E-state index contributed by atoms with van der Waals surface area (Å²) in [6, 6.07) is 16.4. The molecule has 2 aromatic carbocycles. The van der Waals surface area contributed by atoms with Crippen LogP contribution >= 0.6 is 22.9 Å². The highest BCUT2D eigenvalue weighted by molar-refractivity contribution is 7.18. The van der Waals surface area contributed by atoms with Gasteiger partial charge in [0.25, 0.3) is 0 Å². The Morgan fingerprint density at radius 3 is 2.62 bits per heavy atom. The van der Waals surface area contributed by atoms with Crippen LogP contribution in [0.25, 0.3) is 10.2 Å². The minimum atomic E-state index is 0.410. The molecule has 0 spiro atoms. The lowest BCUT2D eigenvalue weighted by Crippen LogP contribution is -2.19. The first-order chi connectivity index (χ1) is 10.3. The number of rotatable bonds is 5. The number of halogens is 1. The van der Waals surface area contributed by atoms with Gasteiger partial charge < -0.3 is 5.32 Å². The molecular weight excluding hydrogens is 300 g/mol. The Morgan fingerprint density at radius 1 is 1.14 bits per heavy atom. The molecule has 1 N–H and O–H groups in total. The number of nitrogens with zero attached hydrogens (tertiary/aromatic N) is 1. The number of nitrogens with one attached hydrogen (secondary N) is 1. The van der Waals surface area contributed by atoms with E-state index in [9.17, 15) is 0 Å². The molecule has 1 aromatic heterocycles. The number of para-hydroxylation sites is 1. The SMILES string of the molecule is CNCC(Cc1nc2ccccc2s1)c1ccc(Cl)cc1. The molecule has 2 nitrogen and oxygen atoms in total. The van der Waals surface area contributed by atoms with Gasteiger partial charge >= 0.3 is 0 Å². The first-order valence-electron chi connectivity index (χ1n) is 7.01. The van der Waals surface area contributed by atoms with Crippen molar-refractivity contribution in [3.63, 3.8) is 0 Å². The van der Waals surface area contributed by atoms with E-state index < -0.39 is 0 Å². The normalized spacial score (nSPS) is 12.7. The van der Waals surface area contributed by atoms with Crippen LogP contribution < -0.4 is 5.32 Å². The molecule has 1 unspecified atom stereocenters. The van der Waals surface area contributed by atoms with Crippen molar-refractivity contribution in [1.29, 1.82) is 0 Å². The average molecular weight is 317 g/mol. The molecule has 0 aliphatic carbocycles. The van der Waals surface area contributed by atoms with E-state index in [1.807, 2.05) is 25.2 Å². The largest absolute Gasteiger partial charge is 0.319 e. The predicted octanol–water partition coefficient (Wildman–Crippen LogP) is 4.50. The van der Waals surface area contributed by atoms with Gasteiger partial charge in [0.05, 0.1) is 15.2 Å². The molecule has 21 heavy (non-hydrogen) atoms. The highest BCUT2D eigenvalue weighted by atomic mass is 35.5. The van der Waals surface area contributed by atoms with Gasteiger partial charge in [-0.3, -0.25) is 0 Å². The number of aromatic nitrogens is 1. The van der Waals surface area contributed by atoms with E-state index in [1.165, 1.54) is 15.3 Å². The second kappa shape index (κ2) is 6.56. The fourth-order valence-electron chi connectivity index (χ4n) is 2.51. The fraction of sp³-hybridized carbons (Fsp3) is 0.235. The van der Waals surface area contributed by atoms with Crippen LogP contribution in [-0.4, -0.2) is 18.6 Å². The van der Waals surface area contributed by atoms with Crippen molar-refractivity contribution in [2.75, 3.05) is 13.6 Å². The van der Waals surface area contributed by atoms with E-state index in [1.54, 1.807) is 11.3 Å². The Bertz CT molecular complexity index is 688. The maximum atomic E-state index is 5.98. The maximum Gasteiger partial charge on any atom is 0.0945 e. The Labute approximate surface area is 133 Å². The van der Waals surface area contributed by atoms with Crippen molar-refractivity contribution in [2.24, 2.45) is 0 Å². The van der Waals surface area contributed by atoms with E-state index >= 15 is 0 Å². The van der Waals surface area contributed by atoms with Crippen LogP contribution in [0, 0.1) is 0 Å². The van der Waals surface area contributed by atoms with E-state index in [2.05, 4.69) is 35.6 Å². The lowest BCUT2D eigenvalue weighted by atomic mass is 9.96. The van der Waals surface area contributed by atoms with Crippen molar-refractivity contribution in [2.45, 2.75) is 12.3 Å². The summed E-state index contributed by atoms with van der Waals surface area (Å²) < 4.78 is 1.26. The monoisotopic (exact) mass is 316 g/mol. The molecule has 4 heteroatoms. The lowest BCUT2D eigenvalue weighted by Gasteiger charge is -2.15. The van der Waals surface area contributed by atoms with Gasteiger partial charge in [0.15, 0.2) is 0 Å². The zero-order valence-corrected chi connectivity index (χ0v) is 13.4. The third-order valence-electron chi connectivity index (χ3n) is 3.55. The van der Waals surface area contributed by atoms with Crippen LogP contribution in [0.15, 0.2) is 48.5 Å². The van der Waals surface area contributed by atoms with E-state index in [0.717, 1.165) is 23.5 Å². The van der Waals surface area contributed by atoms with Crippen molar-refractivity contribution in [3.8, 4) is 0 Å². The van der Waals surface area contributed by atoms with Gasteiger partial charge in [0, 0.05) is 23.9 Å². The Balaban J connectivity index is 1.85. The molecule has 0 saturated carbocycles. The predicted molar refractivity (Wildman–Crippen MR) is 91.4 cm³/mol. The summed E-state index contributed by atoms with van der Waals surface area (Å²) in [6.07, 6.45) is 0.946. The molecule has 0 fully saturated rings. The van der Waals surface area contributed by atoms with Crippen LogP contribution in [0.4, 0.5) is 0 Å². The molecule has 0 aliphatic rings. The van der Waals surface area contributed by atoms with Crippen LogP contribution in [0.1, 0.15) is 16.5 Å². The molecule has 0 radical (unpaired) electrons. The standard InChI is InChI=1S/C17H17ClN2S/c1-19-11-13(12-6-8-14(18)9-7-12)10-17-20-15-4-2-3-5-16(15)21-17/h2-9,13,19H,10-11H2,1H3. The van der Waals surface area contributed by atoms with Crippen LogP contribution in [-0.2, 0) is 6.42 Å². The fourth-order valence-corrected chi connectivity index (χ4v) is 3.68. The van der Waals surface area contributed by atoms with Gasteiger partial charge in [-0.2, -0.15) is 0 Å². The zero-order valence-electron chi connectivity index (χ0n) is 11.8. The first-order valence-corrected chi connectivity index (χ1v) is 8.20. The van der Waals surface area contributed by atoms with Crippen molar-refractivity contribution in [3.05, 3.63) is 64.1 Å².